The molecule has 24 heteroatoms. The van der Waals surface area contributed by atoms with Crippen LogP contribution in [0.3, 0.4) is 0 Å². The van der Waals surface area contributed by atoms with Crippen molar-refractivity contribution in [1.82, 2.24) is 58.4 Å². The number of benzene rings is 4. The molecule has 0 saturated heterocycles. The van der Waals surface area contributed by atoms with E-state index in [4.69, 9.17) is 9.97 Å². The predicted molar refractivity (Wildman–Crippen MR) is 429 cm³/mol. The number of fused-ring (bicyclic) bond motifs is 8. The maximum atomic E-state index is 15.0. The Balaban J connectivity index is 1.50. The molecule has 0 fully saturated rings. The lowest BCUT2D eigenvalue weighted by molar-refractivity contribution is 0.309. The first-order valence-corrected chi connectivity index (χ1v) is 42.6. The monoisotopic (exact) mass is 1490 g/mol. The Kier molecular flexibility index (Phi) is 26.0. The molecular weight excluding hydrogens is 1390 g/mol. The van der Waals surface area contributed by atoms with E-state index in [1.54, 1.807) is 0 Å². The van der Waals surface area contributed by atoms with Crippen LogP contribution in [0.5, 0.6) is 0 Å². The Morgan fingerprint density at radius 1 is 0.288 bits per heavy atom. The second-order valence-corrected chi connectivity index (χ2v) is 34.4. The predicted octanol–water partition coefficient (Wildman–Crippen LogP) is 13.5. The largest absolute Gasteiger partial charge is 0.354 e. The van der Waals surface area contributed by atoms with Crippen LogP contribution in [0, 0.1) is 83.1 Å². The van der Waals surface area contributed by atoms with Gasteiger partial charge < -0.3 is 29.6 Å². The molecule has 562 valence electrons. The van der Waals surface area contributed by atoms with Crippen LogP contribution in [0.15, 0.2) is 68.1 Å². The second kappa shape index (κ2) is 33.4. The SMILES string of the molecule is CCN(CC)CCNS(=O)(=O)c1c(C)cc(C)c(-c2c3nc(c(-c4c(C)cc(C)c(S(=O)(=O)NCCN(CC)CC)c4C)c4ccc([nH]4)c(-c4c(C)cc(C)c(S(=O)(=O)NCCN(CC)CC)c4C)c4nc(c(-c5c(C)cc(C)c(S(=O)(=O)NCCN(CC)CC)c5C)c5ccc2[nH]5)C=C4)C=C3)c1C. The summed E-state index contributed by atoms with van der Waals surface area (Å²) in [5, 5.41) is 0. The van der Waals surface area contributed by atoms with Gasteiger partial charge in [0.05, 0.1) is 42.4 Å². The number of nitrogens with zero attached hydrogens (tertiary/aromatic N) is 6. The molecule has 104 heavy (non-hydrogen) atoms. The van der Waals surface area contributed by atoms with Crippen molar-refractivity contribution in [1.29, 1.82) is 0 Å². The molecule has 0 saturated carbocycles. The van der Waals surface area contributed by atoms with Gasteiger partial charge in [0.15, 0.2) is 0 Å². The molecular formula is C80H110N12O8S4. The minimum Gasteiger partial charge on any atom is -0.354 e. The van der Waals surface area contributed by atoms with Crippen molar-refractivity contribution in [2.75, 3.05) is 105 Å². The van der Waals surface area contributed by atoms with Crippen molar-refractivity contribution in [2.24, 2.45) is 0 Å². The van der Waals surface area contributed by atoms with Crippen LogP contribution >= 0.6 is 0 Å². The van der Waals surface area contributed by atoms with E-state index in [1.165, 1.54) is 0 Å². The van der Waals surface area contributed by atoms with Gasteiger partial charge in [-0.1, -0.05) is 79.7 Å². The van der Waals surface area contributed by atoms with Gasteiger partial charge >= 0.3 is 0 Å². The summed E-state index contributed by atoms with van der Waals surface area (Å²) < 4.78 is 132. The van der Waals surface area contributed by atoms with Gasteiger partial charge in [0.1, 0.15) is 0 Å². The third-order valence-electron chi connectivity index (χ3n) is 20.9. The van der Waals surface area contributed by atoms with E-state index >= 15 is 0 Å². The first-order valence-electron chi connectivity index (χ1n) is 36.7. The van der Waals surface area contributed by atoms with E-state index in [9.17, 15) is 33.7 Å². The molecule has 2 aliphatic rings. The number of rotatable bonds is 32. The second-order valence-electron chi connectivity index (χ2n) is 27.6. The highest BCUT2D eigenvalue weighted by molar-refractivity contribution is 7.90. The fourth-order valence-electron chi connectivity index (χ4n) is 15.9. The molecule has 0 amide bonds. The highest BCUT2D eigenvalue weighted by Gasteiger charge is 2.33. The molecule has 9 rings (SSSR count). The molecule has 5 heterocycles. The zero-order chi connectivity index (χ0) is 76.2. The molecule has 4 aromatic carbocycles. The lowest BCUT2D eigenvalue weighted by Gasteiger charge is -2.21. The Bertz CT molecular complexity index is 4530. The average molecular weight is 1500 g/mol. The molecule has 0 aliphatic carbocycles. The van der Waals surface area contributed by atoms with Crippen molar-refractivity contribution < 1.29 is 33.7 Å². The fourth-order valence-corrected chi connectivity index (χ4v) is 21.9. The van der Waals surface area contributed by atoms with Crippen LogP contribution in [0.4, 0.5) is 0 Å². The third kappa shape index (κ3) is 16.6. The Hall–Kier alpha value is -7.04. The first-order chi connectivity index (χ1) is 49.2. The van der Waals surface area contributed by atoms with E-state index in [0.29, 0.717) is 160 Å². The number of hydrogen-bond acceptors (Lipinski definition) is 14. The maximum Gasteiger partial charge on any atom is 0.241 e. The summed E-state index contributed by atoms with van der Waals surface area (Å²) >= 11 is 0. The van der Waals surface area contributed by atoms with Crippen molar-refractivity contribution >= 4 is 86.5 Å². The van der Waals surface area contributed by atoms with Gasteiger partial charge in [-0.05, 0) is 273 Å². The zero-order valence-electron chi connectivity index (χ0n) is 64.8. The maximum absolute atomic E-state index is 15.0. The van der Waals surface area contributed by atoms with E-state index in [1.807, 2.05) is 211 Å². The molecule has 0 atom stereocenters. The normalized spacial score (nSPS) is 13.0. The van der Waals surface area contributed by atoms with Crippen molar-refractivity contribution in [3.63, 3.8) is 0 Å². The standard InChI is InChI=1S/C80H110N12O8S4/c1-21-89(22-2)41-37-81-101(93,94)77-53(13)45-49(9)69(57(77)17)73-61-29-31-63(85-61)74(70-50(10)46-54(14)78(58(70)18)102(95,96)82-38-42-90(23-3)24-4)65-33-35-67(87-65)76(72-52(12)48-56(16)80(60(72)20)104(99,100)84-40-44-92(27-7)28-8)68-36-34-66(88-68)75(64-32-30-62(73)86-64)71-51(11)47-55(15)79(59(71)19)103(97,98)83-39-43-91(25-5)26-6/h29-36,45-48,81-85,88H,21-28,37-44H2,1-20H3. The number of aromatic amines is 2. The number of hydrogen-bond donors (Lipinski definition) is 6. The molecule has 6 N–H and O–H groups in total. The molecule has 0 unspecified atom stereocenters. The number of aromatic nitrogens is 4. The molecule has 8 bridgehead atoms. The third-order valence-corrected chi connectivity index (χ3v) is 27.9. The lowest BCUT2D eigenvalue weighted by atomic mass is 9.92. The lowest BCUT2D eigenvalue weighted by Crippen LogP contribution is -2.35. The summed E-state index contributed by atoms with van der Waals surface area (Å²) in [7, 11) is -16.6. The minimum absolute atomic E-state index is 0.140. The minimum atomic E-state index is -4.14. The number of nitrogens with one attached hydrogen (secondary N) is 6. The van der Waals surface area contributed by atoms with Gasteiger partial charge in [0, 0.05) is 96.7 Å². The molecule has 3 aromatic heterocycles. The van der Waals surface area contributed by atoms with Crippen LogP contribution in [0.1, 0.15) is 145 Å². The summed E-state index contributed by atoms with van der Waals surface area (Å²) in [5.74, 6) is 0. The number of H-pyrrole nitrogens is 2. The fraction of sp³-hybridized carbons (Fsp3) is 0.450. The van der Waals surface area contributed by atoms with Gasteiger partial charge in [-0.25, -0.2) is 62.5 Å². The van der Waals surface area contributed by atoms with E-state index in [-0.39, 0.29) is 45.8 Å². The number of aryl methyl sites for hydroxylation is 8. The Morgan fingerprint density at radius 3 is 0.644 bits per heavy atom. The molecule has 0 spiro atoms. The summed E-state index contributed by atoms with van der Waals surface area (Å²) in [4.78, 5) is 28.2. The van der Waals surface area contributed by atoms with Gasteiger partial charge in [0.2, 0.25) is 40.1 Å². The van der Waals surface area contributed by atoms with Crippen LogP contribution in [0.2, 0.25) is 0 Å². The number of sulfonamides is 4. The summed E-state index contributed by atoms with van der Waals surface area (Å²) in [5.41, 5.74) is 16.1. The summed E-state index contributed by atoms with van der Waals surface area (Å²) in [6, 6.07) is 15.4. The van der Waals surface area contributed by atoms with Crippen LogP contribution in [0.25, 0.3) is 90.9 Å². The highest BCUT2D eigenvalue weighted by atomic mass is 32.2. The van der Waals surface area contributed by atoms with Crippen LogP contribution < -0.4 is 18.9 Å². The van der Waals surface area contributed by atoms with E-state index in [0.717, 1.165) is 74.6 Å². The van der Waals surface area contributed by atoms with Crippen molar-refractivity contribution in [2.45, 2.75) is 158 Å². The van der Waals surface area contributed by atoms with E-state index in [2.05, 4.69) is 48.5 Å². The Morgan fingerprint density at radius 2 is 0.471 bits per heavy atom. The summed E-state index contributed by atoms with van der Waals surface area (Å²) in [6.07, 6.45) is 7.65. The van der Waals surface area contributed by atoms with Gasteiger partial charge in [-0.2, -0.15) is 0 Å². The molecule has 20 nitrogen and oxygen atoms in total. The van der Waals surface area contributed by atoms with Crippen LogP contribution in [-0.2, 0) is 40.1 Å². The average Bonchev–Trinajstić information content (AvgIpc) is 1.49. The van der Waals surface area contributed by atoms with E-state index < -0.39 is 40.1 Å². The number of likely N-dealkylation sites (N-methyl/N-ethyl adjacent to an activating group) is 4. The van der Waals surface area contributed by atoms with Crippen molar-refractivity contribution in [3.8, 4) is 44.5 Å². The molecule has 7 aromatic rings. The quantitative estimate of drug-likeness (QED) is 0.0229. The van der Waals surface area contributed by atoms with Crippen molar-refractivity contribution in [3.05, 3.63) is 138 Å². The zero-order valence-corrected chi connectivity index (χ0v) is 68.1. The smallest absolute Gasteiger partial charge is 0.241 e. The first kappa shape index (κ1) is 81.0. The Labute approximate surface area is 619 Å². The van der Waals surface area contributed by atoms with Crippen LogP contribution in [-0.4, -0.2) is 178 Å². The van der Waals surface area contributed by atoms with Gasteiger partial charge in [-0.15, -0.1) is 0 Å². The summed E-state index contributed by atoms with van der Waals surface area (Å²) in [6.45, 7) is 47.7. The van der Waals surface area contributed by atoms with Gasteiger partial charge in [0.25, 0.3) is 0 Å². The highest BCUT2D eigenvalue weighted by Crippen LogP contribution is 2.46. The topological polar surface area (TPSA) is 255 Å². The van der Waals surface area contributed by atoms with Gasteiger partial charge in [-0.3, -0.25) is 0 Å². The molecule has 0 radical (unpaired) electrons. The molecule has 2 aliphatic heterocycles.